The third-order valence-corrected chi connectivity index (χ3v) is 3.89. The van der Waals surface area contributed by atoms with Gasteiger partial charge in [-0.3, -0.25) is 9.69 Å². The van der Waals surface area contributed by atoms with Gasteiger partial charge in [0.25, 0.3) is 5.56 Å². The molecule has 1 unspecified atom stereocenters. The van der Waals surface area contributed by atoms with Crippen molar-refractivity contribution in [3.63, 3.8) is 0 Å². The Bertz CT molecular complexity index is 681. The Morgan fingerprint density at radius 2 is 1.83 bits per heavy atom. The number of nitrogens with zero attached hydrogens (tertiary/aromatic N) is 3. The Labute approximate surface area is 134 Å². The second-order valence-corrected chi connectivity index (χ2v) is 5.67. The summed E-state index contributed by atoms with van der Waals surface area (Å²) in [7, 11) is 0. The zero-order chi connectivity index (χ0) is 16.1. The predicted octanol–water partition coefficient (Wildman–Crippen LogP) is 0.603. The smallest absolute Gasteiger partial charge is 0.266 e. The maximum atomic E-state index is 12.0. The lowest BCUT2D eigenvalue weighted by atomic mass is 10.1. The van der Waals surface area contributed by atoms with Gasteiger partial charge in [0.1, 0.15) is 0 Å². The molecule has 2 heterocycles. The maximum Gasteiger partial charge on any atom is 0.266 e. The minimum Gasteiger partial charge on any atom is -0.390 e. The number of morpholine rings is 1. The average Bonchev–Trinajstić information content (AvgIpc) is 2.58. The van der Waals surface area contributed by atoms with E-state index >= 15 is 0 Å². The standard InChI is InChI=1S/C17H21N3O3/c21-15(12-19-8-10-23-11-9-19)13-20-17(22)7-6-16(18-20)14-4-2-1-3-5-14/h1-7,15,21H,8-13H2. The van der Waals surface area contributed by atoms with Gasteiger partial charge in [0.15, 0.2) is 0 Å². The molecule has 1 saturated heterocycles. The lowest BCUT2D eigenvalue weighted by molar-refractivity contribution is 0.0106. The van der Waals surface area contributed by atoms with Gasteiger partial charge in [0.2, 0.25) is 0 Å². The lowest BCUT2D eigenvalue weighted by Crippen LogP contribution is -2.43. The summed E-state index contributed by atoms with van der Waals surface area (Å²) in [5.74, 6) is 0. The van der Waals surface area contributed by atoms with Crippen LogP contribution >= 0.6 is 0 Å². The van der Waals surface area contributed by atoms with Gasteiger partial charge >= 0.3 is 0 Å². The van der Waals surface area contributed by atoms with Crippen LogP contribution in [-0.4, -0.2) is 58.7 Å². The zero-order valence-electron chi connectivity index (χ0n) is 13.0. The molecule has 6 nitrogen and oxygen atoms in total. The Morgan fingerprint density at radius 1 is 1.09 bits per heavy atom. The molecule has 0 radical (unpaired) electrons. The molecule has 23 heavy (non-hydrogen) atoms. The molecular formula is C17H21N3O3. The first-order chi connectivity index (χ1) is 11.2. The molecule has 0 amide bonds. The molecule has 1 aromatic heterocycles. The van der Waals surface area contributed by atoms with Crippen molar-refractivity contribution in [2.24, 2.45) is 0 Å². The van der Waals surface area contributed by atoms with Gasteiger partial charge in [-0.05, 0) is 6.07 Å². The number of β-amino-alcohol motifs (C(OH)–C–C–N with tert-alkyl or cyclic N) is 1. The van der Waals surface area contributed by atoms with E-state index in [2.05, 4.69) is 10.00 Å². The zero-order valence-corrected chi connectivity index (χ0v) is 13.0. The maximum absolute atomic E-state index is 12.0. The molecule has 2 aromatic rings. The van der Waals surface area contributed by atoms with E-state index in [9.17, 15) is 9.90 Å². The highest BCUT2D eigenvalue weighted by Crippen LogP contribution is 2.14. The fourth-order valence-electron chi connectivity index (χ4n) is 2.68. The highest BCUT2D eigenvalue weighted by molar-refractivity contribution is 5.57. The van der Waals surface area contributed by atoms with E-state index in [-0.39, 0.29) is 12.1 Å². The Balaban J connectivity index is 1.70. The predicted molar refractivity (Wildman–Crippen MR) is 87.2 cm³/mol. The quantitative estimate of drug-likeness (QED) is 0.875. The number of hydrogen-bond donors (Lipinski definition) is 1. The molecular weight excluding hydrogens is 294 g/mol. The highest BCUT2D eigenvalue weighted by atomic mass is 16.5. The summed E-state index contributed by atoms with van der Waals surface area (Å²) < 4.78 is 6.63. The van der Waals surface area contributed by atoms with Crippen LogP contribution in [0.5, 0.6) is 0 Å². The van der Waals surface area contributed by atoms with E-state index in [1.165, 1.54) is 10.7 Å². The number of aliphatic hydroxyl groups excluding tert-OH is 1. The van der Waals surface area contributed by atoms with Gasteiger partial charge in [-0.15, -0.1) is 0 Å². The fourth-order valence-corrected chi connectivity index (χ4v) is 2.68. The van der Waals surface area contributed by atoms with Crippen LogP contribution < -0.4 is 5.56 Å². The molecule has 1 aliphatic rings. The van der Waals surface area contributed by atoms with E-state index in [0.717, 1.165) is 24.3 Å². The van der Waals surface area contributed by atoms with Gasteiger partial charge in [-0.1, -0.05) is 30.3 Å². The number of hydrogen-bond acceptors (Lipinski definition) is 5. The van der Waals surface area contributed by atoms with Crippen molar-refractivity contribution in [1.82, 2.24) is 14.7 Å². The molecule has 1 fully saturated rings. The molecule has 3 rings (SSSR count). The number of aliphatic hydroxyl groups is 1. The molecule has 1 aliphatic heterocycles. The number of aromatic nitrogens is 2. The van der Waals surface area contributed by atoms with Gasteiger partial charge in [-0.25, -0.2) is 4.68 Å². The number of ether oxygens (including phenoxy) is 1. The average molecular weight is 315 g/mol. The normalized spacial score (nSPS) is 17.1. The van der Waals surface area contributed by atoms with Crippen molar-refractivity contribution in [1.29, 1.82) is 0 Å². The molecule has 1 atom stereocenters. The Kier molecular flexibility index (Phi) is 5.17. The first-order valence-electron chi connectivity index (χ1n) is 7.84. The minimum absolute atomic E-state index is 0.191. The van der Waals surface area contributed by atoms with E-state index in [4.69, 9.17) is 4.74 Å². The second kappa shape index (κ2) is 7.50. The van der Waals surface area contributed by atoms with Gasteiger partial charge in [-0.2, -0.15) is 5.10 Å². The Morgan fingerprint density at radius 3 is 2.57 bits per heavy atom. The van der Waals surface area contributed by atoms with Crippen LogP contribution in [0.15, 0.2) is 47.3 Å². The monoisotopic (exact) mass is 315 g/mol. The molecule has 0 saturated carbocycles. The summed E-state index contributed by atoms with van der Waals surface area (Å²) in [4.78, 5) is 14.1. The van der Waals surface area contributed by atoms with Crippen molar-refractivity contribution in [2.75, 3.05) is 32.8 Å². The van der Waals surface area contributed by atoms with E-state index < -0.39 is 6.10 Å². The molecule has 6 heteroatoms. The van der Waals surface area contributed by atoms with Gasteiger partial charge in [0, 0.05) is 31.3 Å². The summed E-state index contributed by atoms with van der Waals surface area (Å²) in [5, 5.41) is 14.6. The van der Waals surface area contributed by atoms with E-state index in [0.29, 0.717) is 19.8 Å². The van der Waals surface area contributed by atoms with Crippen molar-refractivity contribution < 1.29 is 9.84 Å². The topological polar surface area (TPSA) is 67.6 Å². The first kappa shape index (κ1) is 15.9. The molecule has 0 aliphatic carbocycles. The summed E-state index contributed by atoms with van der Waals surface area (Å²) >= 11 is 0. The second-order valence-electron chi connectivity index (χ2n) is 5.67. The third kappa shape index (κ3) is 4.25. The molecule has 0 bridgehead atoms. The van der Waals surface area contributed by atoms with Crippen LogP contribution in [0.4, 0.5) is 0 Å². The van der Waals surface area contributed by atoms with Gasteiger partial charge < -0.3 is 9.84 Å². The minimum atomic E-state index is -0.635. The molecule has 1 aromatic carbocycles. The van der Waals surface area contributed by atoms with Crippen LogP contribution in [0, 0.1) is 0 Å². The van der Waals surface area contributed by atoms with Crippen LogP contribution in [0.2, 0.25) is 0 Å². The summed E-state index contributed by atoms with van der Waals surface area (Å²) in [6.07, 6.45) is -0.635. The molecule has 122 valence electrons. The van der Waals surface area contributed by atoms with E-state index in [1.54, 1.807) is 6.07 Å². The molecule has 0 spiro atoms. The van der Waals surface area contributed by atoms with Crippen molar-refractivity contribution in [3.05, 3.63) is 52.8 Å². The fraction of sp³-hybridized carbons (Fsp3) is 0.412. The van der Waals surface area contributed by atoms with Crippen LogP contribution in [0.25, 0.3) is 11.3 Å². The van der Waals surface area contributed by atoms with Crippen molar-refractivity contribution in [3.8, 4) is 11.3 Å². The molecule has 1 N–H and O–H groups in total. The summed E-state index contributed by atoms with van der Waals surface area (Å²) in [5.41, 5.74) is 1.47. The Hall–Kier alpha value is -2.02. The van der Waals surface area contributed by atoms with Crippen LogP contribution in [-0.2, 0) is 11.3 Å². The van der Waals surface area contributed by atoms with Crippen LogP contribution in [0.3, 0.4) is 0 Å². The SMILES string of the molecule is O=c1ccc(-c2ccccc2)nn1CC(O)CN1CCOCC1. The summed E-state index contributed by atoms with van der Waals surface area (Å²) in [6.45, 7) is 3.71. The highest BCUT2D eigenvalue weighted by Gasteiger charge is 2.16. The van der Waals surface area contributed by atoms with Crippen molar-refractivity contribution in [2.45, 2.75) is 12.6 Å². The number of benzene rings is 1. The van der Waals surface area contributed by atoms with E-state index in [1.807, 2.05) is 30.3 Å². The van der Waals surface area contributed by atoms with Crippen LogP contribution in [0.1, 0.15) is 0 Å². The number of rotatable bonds is 5. The van der Waals surface area contributed by atoms with Crippen molar-refractivity contribution >= 4 is 0 Å². The van der Waals surface area contributed by atoms with Gasteiger partial charge in [0.05, 0.1) is 31.6 Å². The first-order valence-corrected chi connectivity index (χ1v) is 7.84. The summed E-state index contributed by atoms with van der Waals surface area (Å²) in [6, 6.07) is 12.9. The lowest BCUT2D eigenvalue weighted by Gasteiger charge is -2.28. The largest absolute Gasteiger partial charge is 0.390 e. The third-order valence-electron chi connectivity index (χ3n) is 3.89.